The average molecular weight is 320 g/mol. The second-order valence-electron chi connectivity index (χ2n) is 6.29. The topological polar surface area (TPSA) is 96.3 Å². The Labute approximate surface area is 136 Å². The quantitative estimate of drug-likeness (QED) is 0.527. The van der Waals surface area contributed by atoms with Crippen LogP contribution in [0.15, 0.2) is 24.3 Å². The van der Waals surface area contributed by atoms with Gasteiger partial charge in [-0.3, -0.25) is 14.9 Å². The van der Waals surface area contributed by atoms with Crippen molar-refractivity contribution in [2.45, 2.75) is 26.2 Å². The number of piperidine rings is 1. The predicted molar refractivity (Wildman–Crippen MR) is 89.4 cm³/mol. The molecular formula is C16H24N4O3. The Balaban J connectivity index is 1.74. The van der Waals surface area contributed by atoms with Crippen LogP contribution in [0.2, 0.25) is 0 Å². The van der Waals surface area contributed by atoms with Crippen molar-refractivity contribution in [2.75, 3.05) is 31.5 Å². The zero-order chi connectivity index (χ0) is 16.7. The first-order valence-corrected chi connectivity index (χ1v) is 7.95. The molecule has 0 radical (unpaired) electrons. The lowest BCUT2D eigenvalue weighted by molar-refractivity contribution is -0.384. The second kappa shape index (κ2) is 7.92. The van der Waals surface area contributed by atoms with Gasteiger partial charge in [0.05, 0.1) is 4.92 Å². The third kappa shape index (κ3) is 5.21. The summed E-state index contributed by atoms with van der Waals surface area (Å²) in [6.45, 7) is 5.23. The molecule has 0 spiro atoms. The van der Waals surface area contributed by atoms with Crippen LogP contribution < -0.4 is 16.0 Å². The Kier molecular flexibility index (Phi) is 5.92. The highest BCUT2D eigenvalue weighted by Gasteiger charge is 2.26. The van der Waals surface area contributed by atoms with E-state index < -0.39 is 4.92 Å². The number of carbonyl (C=O) groups is 1. The lowest BCUT2D eigenvalue weighted by Gasteiger charge is -2.34. The fraction of sp³-hybridized carbons (Fsp3) is 0.562. The Morgan fingerprint density at radius 2 is 2.04 bits per heavy atom. The molecule has 1 aliphatic heterocycles. The fourth-order valence-corrected chi connectivity index (χ4v) is 2.70. The third-order valence-corrected chi connectivity index (χ3v) is 4.29. The van der Waals surface area contributed by atoms with E-state index in [9.17, 15) is 14.9 Å². The number of hydrogen-bond acceptors (Lipinski definition) is 5. The first-order chi connectivity index (χ1) is 11.0. The Morgan fingerprint density at radius 1 is 1.35 bits per heavy atom. The number of anilines is 1. The van der Waals surface area contributed by atoms with E-state index in [1.54, 1.807) is 18.2 Å². The van der Waals surface area contributed by atoms with Crippen LogP contribution in [0, 0.1) is 15.5 Å². The minimum atomic E-state index is -0.430. The lowest BCUT2D eigenvalue weighted by Crippen LogP contribution is -2.43. The van der Waals surface area contributed by atoms with Gasteiger partial charge in [0.2, 0.25) is 5.91 Å². The van der Waals surface area contributed by atoms with Crippen molar-refractivity contribution >= 4 is 17.3 Å². The van der Waals surface area contributed by atoms with Crippen molar-refractivity contribution in [3.8, 4) is 0 Å². The van der Waals surface area contributed by atoms with E-state index in [4.69, 9.17) is 0 Å². The van der Waals surface area contributed by atoms with Crippen molar-refractivity contribution < 1.29 is 9.72 Å². The van der Waals surface area contributed by atoms with Crippen LogP contribution in [0.1, 0.15) is 26.2 Å². The molecule has 23 heavy (non-hydrogen) atoms. The average Bonchev–Trinajstić information content (AvgIpc) is 2.54. The van der Waals surface area contributed by atoms with E-state index in [1.807, 2.05) is 0 Å². The highest BCUT2D eigenvalue weighted by Crippen LogP contribution is 2.26. The maximum atomic E-state index is 11.9. The number of amides is 1. The van der Waals surface area contributed by atoms with Crippen molar-refractivity contribution in [1.82, 2.24) is 10.6 Å². The highest BCUT2D eigenvalue weighted by molar-refractivity contribution is 5.76. The summed E-state index contributed by atoms with van der Waals surface area (Å²) in [5, 5.41) is 20.2. The van der Waals surface area contributed by atoms with Gasteiger partial charge in [-0.1, -0.05) is 19.1 Å². The van der Waals surface area contributed by atoms with Crippen LogP contribution in [-0.2, 0) is 4.79 Å². The van der Waals surface area contributed by atoms with Crippen LogP contribution in [-0.4, -0.2) is 37.0 Å². The van der Waals surface area contributed by atoms with Crippen LogP contribution in [0.5, 0.6) is 0 Å². The number of nitrogens with one attached hydrogen (secondary N) is 3. The summed E-state index contributed by atoms with van der Waals surface area (Å²) in [5.74, 6) is -0.0316. The van der Waals surface area contributed by atoms with E-state index in [0.717, 1.165) is 25.9 Å². The second-order valence-corrected chi connectivity index (χ2v) is 6.29. The molecule has 7 nitrogen and oxygen atoms in total. The maximum Gasteiger partial charge on any atom is 0.292 e. The van der Waals surface area contributed by atoms with Gasteiger partial charge in [0.1, 0.15) is 5.69 Å². The zero-order valence-electron chi connectivity index (χ0n) is 13.4. The SMILES string of the molecule is CC1(CNC(=O)CCNc2ccccc2[N+](=O)[O-])CCNCC1. The minimum absolute atomic E-state index is 0.0233. The van der Waals surface area contributed by atoms with Crippen molar-refractivity contribution in [2.24, 2.45) is 5.41 Å². The zero-order valence-corrected chi connectivity index (χ0v) is 13.4. The lowest BCUT2D eigenvalue weighted by atomic mass is 9.81. The molecule has 7 heteroatoms. The Morgan fingerprint density at radius 3 is 2.74 bits per heavy atom. The van der Waals surface area contributed by atoms with Gasteiger partial charge >= 0.3 is 0 Å². The summed E-state index contributed by atoms with van der Waals surface area (Å²) in [6.07, 6.45) is 2.41. The number of carbonyl (C=O) groups excluding carboxylic acids is 1. The Bertz CT molecular complexity index is 556. The smallest absolute Gasteiger partial charge is 0.292 e. The van der Waals surface area contributed by atoms with Gasteiger partial charge in [0, 0.05) is 25.6 Å². The monoisotopic (exact) mass is 320 g/mol. The van der Waals surface area contributed by atoms with Crippen LogP contribution in [0.3, 0.4) is 0 Å². The molecule has 1 heterocycles. The molecule has 1 aliphatic rings. The van der Waals surface area contributed by atoms with E-state index in [0.29, 0.717) is 25.2 Å². The van der Waals surface area contributed by atoms with Crippen LogP contribution in [0.4, 0.5) is 11.4 Å². The normalized spacial score (nSPS) is 16.6. The molecule has 0 atom stereocenters. The molecule has 3 N–H and O–H groups in total. The van der Waals surface area contributed by atoms with Gasteiger partial charge in [-0.2, -0.15) is 0 Å². The van der Waals surface area contributed by atoms with Crippen molar-refractivity contribution in [1.29, 1.82) is 0 Å². The highest BCUT2D eigenvalue weighted by atomic mass is 16.6. The molecule has 0 aliphatic carbocycles. The van der Waals surface area contributed by atoms with Gasteiger partial charge in [-0.25, -0.2) is 0 Å². The molecule has 2 rings (SSSR count). The van der Waals surface area contributed by atoms with Gasteiger partial charge in [-0.05, 0) is 37.4 Å². The largest absolute Gasteiger partial charge is 0.379 e. The summed E-state index contributed by atoms with van der Waals surface area (Å²) < 4.78 is 0. The molecule has 0 saturated carbocycles. The number of para-hydroxylation sites is 2. The van der Waals surface area contributed by atoms with Gasteiger partial charge in [-0.15, -0.1) is 0 Å². The number of nitro benzene ring substituents is 1. The summed E-state index contributed by atoms with van der Waals surface area (Å²) in [7, 11) is 0. The molecule has 1 aromatic carbocycles. The van der Waals surface area contributed by atoms with E-state index in [1.165, 1.54) is 6.07 Å². The maximum absolute atomic E-state index is 11.9. The number of hydrogen-bond donors (Lipinski definition) is 3. The predicted octanol–water partition coefficient (Wildman–Crippen LogP) is 1.90. The van der Waals surface area contributed by atoms with E-state index in [-0.39, 0.29) is 17.0 Å². The summed E-state index contributed by atoms with van der Waals surface area (Å²) in [5.41, 5.74) is 0.623. The molecule has 0 aromatic heterocycles. The number of nitro groups is 1. The summed E-state index contributed by atoms with van der Waals surface area (Å²) >= 11 is 0. The van der Waals surface area contributed by atoms with Crippen molar-refractivity contribution in [3.05, 3.63) is 34.4 Å². The van der Waals surface area contributed by atoms with E-state index in [2.05, 4.69) is 22.9 Å². The van der Waals surface area contributed by atoms with Crippen LogP contribution in [0.25, 0.3) is 0 Å². The first kappa shape index (κ1) is 17.2. The minimum Gasteiger partial charge on any atom is -0.379 e. The fourth-order valence-electron chi connectivity index (χ4n) is 2.70. The van der Waals surface area contributed by atoms with Gasteiger partial charge < -0.3 is 16.0 Å². The van der Waals surface area contributed by atoms with Crippen molar-refractivity contribution in [3.63, 3.8) is 0 Å². The molecule has 0 unspecified atom stereocenters. The Hall–Kier alpha value is -2.15. The third-order valence-electron chi connectivity index (χ3n) is 4.29. The summed E-state index contributed by atoms with van der Waals surface area (Å²) in [6, 6.07) is 6.44. The summed E-state index contributed by atoms with van der Waals surface area (Å²) in [4.78, 5) is 22.4. The molecule has 1 amide bonds. The molecule has 1 saturated heterocycles. The van der Waals surface area contributed by atoms with Crippen LogP contribution >= 0.6 is 0 Å². The number of rotatable bonds is 7. The number of benzene rings is 1. The molecule has 1 aromatic rings. The molecular weight excluding hydrogens is 296 g/mol. The van der Waals surface area contributed by atoms with Gasteiger partial charge in [0.25, 0.3) is 5.69 Å². The first-order valence-electron chi connectivity index (χ1n) is 7.95. The molecule has 126 valence electrons. The molecule has 0 bridgehead atoms. The number of nitrogens with zero attached hydrogens (tertiary/aromatic N) is 1. The standard InChI is InChI=1S/C16H24N4O3/c1-16(7-10-17-11-8-16)12-19-15(21)6-9-18-13-4-2-3-5-14(13)20(22)23/h2-5,17-18H,6-12H2,1H3,(H,19,21). The molecule has 1 fully saturated rings. The van der Waals surface area contributed by atoms with Gasteiger partial charge in [0.15, 0.2) is 0 Å². The van der Waals surface area contributed by atoms with E-state index >= 15 is 0 Å².